The highest BCUT2D eigenvalue weighted by atomic mass is 19.4. The predicted octanol–water partition coefficient (Wildman–Crippen LogP) is 4.06. The minimum absolute atomic E-state index is 0.0772. The fraction of sp³-hybridized carbons (Fsp3) is 0.261. The summed E-state index contributed by atoms with van der Waals surface area (Å²) in [5, 5.41) is 2.60. The van der Waals surface area contributed by atoms with Crippen molar-refractivity contribution in [3.8, 4) is 23.0 Å². The molecule has 0 amide bonds. The second-order valence-electron chi connectivity index (χ2n) is 7.62. The molecule has 204 valence electrons. The SMILES string of the molecule is CNCc1cc(OC)cc(OCc2ccc3c(OC(=O)C(F)(F)F)c(OC(=O)C(F)(F)F)c(N)nc3c2)c1. The van der Waals surface area contributed by atoms with Crippen LogP contribution in [-0.2, 0) is 22.7 Å². The Morgan fingerprint density at radius 1 is 0.895 bits per heavy atom. The van der Waals surface area contributed by atoms with Crippen molar-refractivity contribution >= 4 is 28.7 Å². The van der Waals surface area contributed by atoms with Crippen LogP contribution in [0.3, 0.4) is 0 Å². The van der Waals surface area contributed by atoms with Gasteiger partial charge in [-0.1, -0.05) is 6.07 Å². The van der Waals surface area contributed by atoms with Crippen LogP contribution in [-0.4, -0.2) is 43.4 Å². The van der Waals surface area contributed by atoms with E-state index in [9.17, 15) is 35.9 Å². The van der Waals surface area contributed by atoms with Crippen molar-refractivity contribution in [2.75, 3.05) is 19.9 Å². The number of nitrogens with zero attached hydrogens (tertiary/aromatic N) is 1. The van der Waals surface area contributed by atoms with Crippen LogP contribution in [0.5, 0.6) is 23.0 Å². The summed E-state index contributed by atoms with van der Waals surface area (Å²) in [6.45, 7) is 0.444. The van der Waals surface area contributed by atoms with E-state index in [0.717, 1.165) is 11.6 Å². The smallest absolute Gasteiger partial charge is 0.491 e. The van der Waals surface area contributed by atoms with Crippen LogP contribution in [0, 0.1) is 0 Å². The Balaban J connectivity index is 1.99. The van der Waals surface area contributed by atoms with Crippen LogP contribution in [0.1, 0.15) is 11.1 Å². The van der Waals surface area contributed by atoms with Crippen molar-refractivity contribution in [3.63, 3.8) is 0 Å². The van der Waals surface area contributed by atoms with E-state index in [-0.39, 0.29) is 17.5 Å². The first kappa shape index (κ1) is 28.3. The molecule has 0 atom stereocenters. The van der Waals surface area contributed by atoms with Crippen LogP contribution in [0.15, 0.2) is 36.4 Å². The number of hydrogen-bond acceptors (Lipinski definition) is 9. The lowest BCUT2D eigenvalue weighted by atomic mass is 10.1. The van der Waals surface area contributed by atoms with Gasteiger partial charge in [0.2, 0.25) is 5.75 Å². The van der Waals surface area contributed by atoms with Gasteiger partial charge < -0.3 is 30.0 Å². The fourth-order valence-electron chi connectivity index (χ4n) is 3.18. The average molecular weight is 547 g/mol. The molecule has 3 rings (SSSR count). The number of esters is 2. The van der Waals surface area contributed by atoms with Crippen molar-refractivity contribution in [1.82, 2.24) is 10.3 Å². The van der Waals surface area contributed by atoms with Crippen LogP contribution in [0.4, 0.5) is 32.2 Å². The second kappa shape index (κ2) is 11.0. The number of ether oxygens (including phenoxy) is 4. The fourth-order valence-corrected chi connectivity index (χ4v) is 3.18. The van der Waals surface area contributed by atoms with Crippen molar-refractivity contribution in [2.45, 2.75) is 25.5 Å². The maximum Gasteiger partial charge on any atom is 0.491 e. The Hall–Kier alpha value is -4.27. The molecule has 0 unspecified atom stereocenters. The van der Waals surface area contributed by atoms with Crippen LogP contribution < -0.4 is 30.0 Å². The zero-order valence-electron chi connectivity index (χ0n) is 19.6. The van der Waals surface area contributed by atoms with Gasteiger partial charge >= 0.3 is 24.3 Å². The van der Waals surface area contributed by atoms with E-state index < -0.39 is 41.6 Å². The number of aromatic nitrogens is 1. The third kappa shape index (κ3) is 6.73. The van der Waals surface area contributed by atoms with Crippen molar-refractivity contribution in [2.24, 2.45) is 0 Å². The Kier molecular flexibility index (Phi) is 8.19. The number of fused-ring (bicyclic) bond motifs is 1. The third-order valence-corrected chi connectivity index (χ3v) is 4.80. The van der Waals surface area contributed by atoms with Crippen LogP contribution in [0.25, 0.3) is 10.9 Å². The Bertz CT molecular complexity index is 1360. The van der Waals surface area contributed by atoms with Gasteiger partial charge in [-0.25, -0.2) is 14.6 Å². The van der Waals surface area contributed by atoms with Crippen LogP contribution >= 0.6 is 0 Å². The predicted molar refractivity (Wildman–Crippen MR) is 120 cm³/mol. The van der Waals surface area contributed by atoms with E-state index in [4.69, 9.17) is 15.2 Å². The van der Waals surface area contributed by atoms with Gasteiger partial charge in [-0.05, 0) is 42.4 Å². The number of alkyl halides is 6. The summed E-state index contributed by atoms with van der Waals surface area (Å²) in [6, 6.07) is 8.87. The van der Waals surface area contributed by atoms with Gasteiger partial charge in [-0.2, -0.15) is 26.3 Å². The summed E-state index contributed by atoms with van der Waals surface area (Å²) >= 11 is 0. The molecule has 3 aromatic rings. The number of carbonyl (C=O) groups is 2. The number of nitrogens with one attached hydrogen (secondary N) is 1. The quantitative estimate of drug-likeness (QED) is 0.318. The lowest BCUT2D eigenvalue weighted by molar-refractivity contribution is -0.191. The number of benzene rings is 2. The third-order valence-electron chi connectivity index (χ3n) is 4.80. The normalized spacial score (nSPS) is 11.8. The highest BCUT2D eigenvalue weighted by Crippen LogP contribution is 2.41. The summed E-state index contributed by atoms with van der Waals surface area (Å²) in [7, 11) is 3.23. The number of anilines is 1. The number of nitrogens with two attached hydrogens (primary N) is 1. The topological polar surface area (TPSA) is 122 Å². The first-order valence-electron chi connectivity index (χ1n) is 10.5. The number of pyridine rings is 1. The highest BCUT2D eigenvalue weighted by Gasteiger charge is 2.45. The molecule has 1 heterocycles. The van der Waals surface area contributed by atoms with E-state index in [1.807, 2.05) is 0 Å². The first-order chi connectivity index (χ1) is 17.7. The lowest BCUT2D eigenvalue weighted by Crippen LogP contribution is -2.30. The molecule has 0 radical (unpaired) electrons. The molecule has 0 aliphatic carbocycles. The largest absolute Gasteiger partial charge is 0.497 e. The van der Waals surface area contributed by atoms with Gasteiger partial charge in [0.1, 0.15) is 18.1 Å². The van der Waals surface area contributed by atoms with Gasteiger partial charge in [0, 0.05) is 18.0 Å². The van der Waals surface area contributed by atoms with Crippen molar-refractivity contribution in [3.05, 3.63) is 47.5 Å². The molecular formula is C23H19F6N3O6. The molecule has 2 aromatic carbocycles. The van der Waals surface area contributed by atoms with Gasteiger partial charge in [0.15, 0.2) is 11.6 Å². The van der Waals surface area contributed by atoms with E-state index in [2.05, 4.69) is 19.8 Å². The lowest BCUT2D eigenvalue weighted by Gasteiger charge is -2.16. The zero-order valence-corrected chi connectivity index (χ0v) is 19.6. The molecule has 0 fully saturated rings. The summed E-state index contributed by atoms with van der Waals surface area (Å²) in [5.74, 6) is -8.02. The summed E-state index contributed by atoms with van der Waals surface area (Å²) in [6.07, 6.45) is -11.0. The van der Waals surface area contributed by atoms with E-state index >= 15 is 0 Å². The van der Waals surface area contributed by atoms with Crippen molar-refractivity contribution < 1.29 is 54.9 Å². The van der Waals surface area contributed by atoms with E-state index in [1.165, 1.54) is 19.2 Å². The summed E-state index contributed by atoms with van der Waals surface area (Å²) in [5.41, 5.74) is 6.66. The molecule has 0 aliphatic rings. The molecule has 1 aromatic heterocycles. The standard InChI is InChI=1S/C23H19F6N3O6/c1-31-9-12-5-13(35-2)8-14(6-12)36-10-11-3-4-15-16(7-11)32-19(30)18(38-21(34)23(27,28)29)17(15)37-20(33)22(24,25)26/h3-8,31H,9-10H2,1-2H3,(H2,30,32). The Morgan fingerprint density at radius 2 is 1.50 bits per heavy atom. The molecule has 0 saturated carbocycles. The minimum atomic E-state index is -5.53. The summed E-state index contributed by atoms with van der Waals surface area (Å²) in [4.78, 5) is 26.6. The molecule has 9 nitrogen and oxygen atoms in total. The summed E-state index contributed by atoms with van der Waals surface area (Å²) < 4.78 is 96.0. The average Bonchev–Trinajstić information content (AvgIpc) is 2.83. The number of nitrogen functional groups attached to an aromatic ring is 1. The minimum Gasteiger partial charge on any atom is -0.497 e. The Labute approximate surface area is 210 Å². The van der Waals surface area contributed by atoms with Gasteiger partial charge in [0.25, 0.3) is 0 Å². The van der Waals surface area contributed by atoms with Gasteiger partial charge in [-0.15, -0.1) is 0 Å². The molecule has 0 saturated heterocycles. The number of halogens is 6. The molecular weight excluding hydrogens is 528 g/mol. The number of rotatable bonds is 8. The van der Waals surface area contributed by atoms with E-state index in [1.54, 1.807) is 25.2 Å². The number of methoxy groups -OCH3 is 1. The second-order valence-corrected chi connectivity index (χ2v) is 7.62. The maximum absolute atomic E-state index is 12.8. The molecule has 0 spiro atoms. The van der Waals surface area contributed by atoms with Crippen LogP contribution in [0.2, 0.25) is 0 Å². The molecule has 0 bridgehead atoms. The van der Waals surface area contributed by atoms with Crippen molar-refractivity contribution in [1.29, 1.82) is 0 Å². The van der Waals surface area contributed by atoms with E-state index in [0.29, 0.717) is 23.6 Å². The number of hydrogen-bond donors (Lipinski definition) is 2. The number of carbonyl (C=O) groups excluding carboxylic acids is 2. The Morgan fingerprint density at radius 3 is 2.08 bits per heavy atom. The molecule has 3 N–H and O–H groups in total. The molecule has 38 heavy (non-hydrogen) atoms. The molecule has 15 heteroatoms. The van der Waals surface area contributed by atoms with Gasteiger partial charge in [0.05, 0.1) is 12.6 Å². The highest BCUT2D eigenvalue weighted by molar-refractivity contribution is 5.95. The maximum atomic E-state index is 12.8. The molecule has 0 aliphatic heterocycles. The van der Waals surface area contributed by atoms with Gasteiger partial charge in [-0.3, -0.25) is 0 Å². The monoisotopic (exact) mass is 547 g/mol. The zero-order chi connectivity index (χ0) is 28.3. The first-order valence-corrected chi connectivity index (χ1v) is 10.5.